The smallest absolute Gasteiger partial charge is 0.410 e. The van der Waals surface area contributed by atoms with Crippen LogP contribution in [-0.2, 0) is 4.74 Å². The summed E-state index contributed by atoms with van der Waals surface area (Å²) in [6.07, 6.45) is 1.09. The third-order valence-electron chi connectivity index (χ3n) is 2.50. The molecule has 20 heavy (non-hydrogen) atoms. The van der Waals surface area contributed by atoms with Gasteiger partial charge in [-0.2, -0.15) is 0 Å². The Bertz CT molecular complexity index is 524. The maximum atomic E-state index is 11.8. The molecule has 0 atom stereocenters. The monoisotopic (exact) mass is 297 g/mol. The Labute approximate surface area is 124 Å². The van der Waals surface area contributed by atoms with Crippen molar-refractivity contribution in [1.29, 1.82) is 5.41 Å². The second kappa shape index (κ2) is 6.22. The van der Waals surface area contributed by atoms with E-state index in [0.29, 0.717) is 16.4 Å². The Hall–Kier alpha value is -1.62. The van der Waals surface area contributed by atoms with E-state index in [-0.39, 0.29) is 6.54 Å². The van der Waals surface area contributed by atoms with E-state index in [4.69, 9.17) is 21.7 Å². The van der Waals surface area contributed by atoms with Gasteiger partial charge < -0.3 is 15.0 Å². The molecule has 1 heterocycles. The minimum Gasteiger partial charge on any atom is -0.444 e. The summed E-state index contributed by atoms with van der Waals surface area (Å²) in [4.78, 5) is 17.2. The van der Waals surface area contributed by atoms with E-state index < -0.39 is 11.7 Å². The SMILES string of the molecule is Cc1cc(Cl)ncc1C(=N)CN(C)C(=O)OC(C)(C)C. The molecule has 1 aromatic rings. The molecular weight excluding hydrogens is 278 g/mol. The Morgan fingerprint density at radius 2 is 2.10 bits per heavy atom. The van der Waals surface area contributed by atoms with Gasteiger partial charge in [0.2, 0.25) is 0 Å². The Balaban J connectivity index is 2.73. The highest BCUT2D eigenvalue weighted by Crippen LogP contribution is 2.14. The maximum Gasteiger partial charge on any atom is 0.410 e. The molecule has 1 rings (SSSR count). The molecule has 1 amide bonds. The number of hydrogen-bond acceptors (Lipinski definition) is 4. The van der Waals surface area contributed by atoms with Crippen LogP contribution in [0, 0.1) is 12.3 Å². The van der Waals surface area contributed by atoms with Gasteiger partial charge in [0.15, 0.2) is 0 Å². The molecule has 0 bridgehead atoms. The summed E-state index contributed by atoms with van der Waals surface area (Å²) < 4.78 is 5.24. The summed E-state index contributed by atoms with van der Waals surface area (Å²) in [5.41, 5.74) is 1.27. The van der Waals surface area contributed by atoms with Crippen molar-refractivity contribution in [2.75, 3.05) is 13.6 Å². The minimum atomic E-state index is -0.550. The van der Waals surface area contributed by atoms with Crippen LogP contribution >= 0.6 is 11.6 Å². The van der Waals surface area contributed by atoms with Gasteiger partial charge in [-0.05, 0) is 39.3 Å². The maximum absolute atomic E-state index is 11.8. The largest absolute Gasteiger partial charge is 0.444 e. The number of aromatic nitrogens is 1. The molecular formula is C14H20ClN3O2. The fourth-order valence-electron chi connectivity index (χ4n) is 1.56. The van der Waals surface area contributed by atoms with E-state index >= 15 is 0 Å². The molecule has 0 unspecified atom stereocenters. The number of nitrogens with zero attached hydrogens (tertiary/aromatic N) is 2. The van der Waals surface area contributed by atoms with Crippen molar-refractivity contribution in [1.82, 2.24) is 9.88 Å². The van der Waals surface area contributed by atoms with Crippen LogP contribution in [0.25, 0.3) is 0 Å². The number of likely N-dealkylation sites (N-methyl/N-ethyl adjacent to an activating group) is 1. The fraction of sp³-hybridized carbons (Fsp3) is 0.500. The summed E-state index contributed by atoms with van der Waals surface area (Å²) in [7, 11) is 1.60. The summed E-state index contributed by atoms with van der Waals surface area (Å²) >= 11 is 5.78. The number of pyridine rings is 1. The lowest BCUT2D eigenvalue weighted by Gasteiger charge is -2.25. The van der Waals surface area contributed by atoms with Crippen molar-refractivity contribution in [2.45, 2.75) is 33.3 Å². The number of rotatable bonds is 3. The number of aryl methyl sites for hydroxylation is 1. The quantitative estimate of drug-likeness (QED) is 0.688. The first-order valence-corrected chi connectivity index (χ1v) is 6.62. The lowest BCUT2D eigenvalue weighted by molar-refractivity contribution is 0.0324. The normalized spacial score (nSPS) is 11.1. The van der Waals surface area contributed by atoms with Gasteiger partial charge in [0.1, 0.15) is 10.8 Å². The second-order valence-electron chi connectivity index (χ2n) is 5.64. The van der Waals surface area contributed by atoms with Crippen molar-refractivity contribution in [3.8, 4) is 0 Å². The molecule has 0 radical (unpaired) electrons. The summed E-state index contributed by atoms with van der Waals surface area (Å²) in [5, 5.41) is 8.45. The van der Waals surface area contributed by atoms with Gasteiger partial charge in [0.05, 0.1) is 12.3 Å². The molecule has 0 aliphatic carbocycles. The molecule has 0 aliphatic rings. The van der Waals surface area contributed by atoms with Crippen LogP contribution in [0.2, 0.25) is 5.15 Å². The van der Waals surface area contributed by atoms with E-state index in [1.54, 1.807) is 40.1 Å². The van der Waals surface area contributed by atoms with Crippen molar-refractivity contribution in [3.05, 3.63) is 28.5 Å². The van der Waals surface area contributed by atoms with Crippen LogP contribution in [0.1, 0.15) is 31.9 Å². The van der Waals surface area contributed by atoms with Crippen molar-refractivity contribution in [3.63, 3.8) is 0 Å². The second-order valence-corrected chi connectivity index (χ2v) is 6.02. The summed E-state index contributed by atoms with van der Waals surface area (Å²) in [6, 6.07) is 1.69. The van der Waals surface area contributed by atoms with Gasteiger partial charge in [-0.3, -0.25) is 0 Å². The Morgan fingerprint density at radius 3 is 2.60 bits per heavy atom. The minimum absolute atomic E-state index is 0.152. The molecule has 0 aromatic carbocycles. The highest BCUT2D eigenvalue weighted by Gasteiger charge is 2.21. The molecule has 6 heteroatoms. The number of hydrogen-bond donors (Lipinski definition) is 1. The van der Waals surface area contributed by atoms with E-state index in [1.807, 2.05) is 6.92 Å². The highest BCUT2D eigenvalue weighted by atomic mass is 35.5. The number of nitrogens with one attached hydrogen (secondary N) is 1. The molecule has 0 aliphatic heterocycles. The van der Waals surface area contributed by atoms with E-state index in [2.05, 4.69) is 4.98 Å². The number of carbonyl (C=O) groups excluding carboxylic acids is 1. The summed E-state index contributed by atoms with van der Waals surface area (Å²) in [5.74, 6) is 0. The molecule has 0 spiro atoms. The van der Waals surface area contributed by atoms with Crippen LogP contribution in [0.3, 0.4) is 0 Å². The van der Waals surface area contributed by atoms with E-state index in [0.717, 1.165) is 5.56 Å². The van der Waals surface area contributed by atoms with Crippen LogP contribution in [-0.4, -0.2) is 40.9 Å². The highest BCUT2D eigenvalue weighted by molar-refractivity contribution is 6.29. The van der Waals surface area contributed by atoms with Crippen molar-refractivity contribution < 1.29 is 9.53 Å². The zero-order chi connectivity index (χ0) is 15.5. The Kier molecular flexibility index (Phi) is 5.11. The topological polar surface area (TPSA) is 66.3 Å². The van der Waals surface area contributed by atoms with Gasteiger partial charge in [-0.15, -0.1) is 0 Å². The number of amides is 1. The van der Waals surface area contributed by atoms with Gasteiger partial charge in [0.25, 0.3) is 0 Å². The molecule has 1 N–H and O–H groups in total. The van der Waals surface area contributed by atoms with Crippen LogP contribution in [0.5, 0.6) is 0 Å². The van der Waals surface area contributed by atoms with Gasteiger partial charge in [0, 0.05) is 18.8 Å². The van der Waals surface area contributed by atoms with Crippen molar-refractivity contribution >= 4 is 23.4 Å². The first kappa shape index (κ1) is 16.4. The van der Waals surface area contributed by atoms with Gasteiger partial charge >= 0.3 is 6.09 Å². The Morgan fingerprint density at radius 1 is 1.50 bits per heavy atom. The zero-order valence-corrected chi connectivity index (χ0v) is 13.2. The van der Waals surface area contributed by atoms with E-state index in [1.165, 1.54) is 4.90 Å². The number of ether oxygens (including phenoxy) is 1. The third kappa shape index (κ3) is 4.81. The fourth-order valence-corrected chi connectivity index (χ4v) is 1.78. The number of carbonyl (C=O) groups is 1. The average molecular weight is 298 g/mol. The zero-order valence-electron chi connectivity index (χ0n) is 12.5. The van der Waals surface area contributed by atoms with Crippen LogP contribution in [0.4, 0.5) is 4.79 Å². The molecule has 0 fully saturated rings. The molecule has 110 valence electrons. The van der Waals surface area contributed by atoms with Crippen LogP contribution in [0.15, 0.2) is 12.3 Å². The van der Waals surface area contributed by atoms with Gasteiger partial charge in [-0.1, -0.05) is 11.6 Å². The average Bonchev–Trinajstić information content (AvgIpc) is 2.26. The third-order valence-corrected chi connectivity index (χ3v) is 2.71. The lowest BCUT2D eigenvalue weighted by Crippen LogP contribution is -2.37. The molecule has 1 aromatic heterocycles. The lowest BCUT2D eigenvalue weighted by atomic mass is 10.1. The molecule has 0 saturated carbocycles. The van der Waals surface area contributed by atoms with Crippen LogP contribution < -0.4 is 0 Å². The predicted octanol–water partition coefficient (Wildman–Crippen LogP) is 3.28. The van der Waals surface area contributed by atoms with E-state index in [9.17, 15) is 4.79 Å². The van der Waals surface area contributed by atoms with Gasteiger partial charge in [-0.25, -0.2) is 9.78 Å². The standard InChI is InChI=1S/C14H20ClN3O2/c1-9-6-12(15)17-7-10(9)11(16)8-18(5)13(19)20-14(2,3)4/h6-7,16H,8H2,1-5H3. The molecule has 5 nitrogen and oxygen atoms in total. The first-order chi connectivity index (χ1) is 9.10. The van der Waals surface area contributed by atoms with Crippen molar-refractivity contribution in [2.24, 2.45) is 0 Å². The summed E-state index contributed by atoms with van der Waals surface area (Å²) in [6.45, 7) is 7.41. The predicted molar refractivity (Wildman–Crippen MR) is 79.7 cm³/mol. The first-order valence-electron chi connectivity index (χ1n) is 6.24. The molecule has 0 saturated heterocycles. The number of halogens is 1.